The SMILES string of the molecule is Cc1cc(Oc2cccc(F)c2F)cc(F)c1-n1ncc(C(=O)c2cc3cc(NS(C)(=O)=O)c(Cl)cc3[nH]2)c1N. The maximum absolute atomic E-state index is 15.2. The number of aromatic nitrogens is 3. The van der Waals surface area contributed by atoms with Gasteiger partial charge in [0.25, 0.3) is 0 Å². The standard InChI is InChI=1S/C26H19ClF3N5O4S/c1-12-6-14(39-22-5-3-4-17(28)23(22)30)9-18(29)24(12)35-26(31)15(11-32-35)25(36)21-8-13-7-20(34-40(2,37)38)16(27)10-19(13)33-21/h3-11,33-34H,31H2,1-2H3. The number of carbonyl (C=O) groups excluding carboxylic acids is 1. The zero-order chi connectivity index (χ0) is 28.9. The number of ether oxygens (including phenoxy) is 1. The number of aryl methyl sites for hydroxylation is 1. The molecule has 0 bridgehead atoms. The Morgan fingerprint density at radius 1 is 1.12 bits per heavy atom. The fourth-order valence-electron chi connectivity index (χ4n) is 4.13. The van der Waals surface area contributed by atoms with Crippen molar-refractivity contribution in [3.8, 4) is 17.2 Å². The molecule has 14 heteroatoms. The summed E-state index contributed by atoms with van der Waals surface area (Å²) in [4.78, 5) is 16.2. The molecule has 4 N–H and O–H groups in total. The van der Waals surface area contributed by atoms with E-state index in [2.05, 4.69) is 14.8 Å². The third-order valence-electron chi connectivity index (χ3n) is 5.88. The Hall–Kier alpha value is -4.49. The van der Waals surface area contributed by atoms with Crippen LogP contribution in [0.2, 0.25) is 5.02 Å². The fraction of sp³-hybridized carbons (Fsp3) is 0.0769. The van der Waals surface area contributed by atoms with Crippen molar-refractivity contribution in [3.63, 3.8) is 0 Å². The smallest absolute Gasteiger partial charge is 0.229 e. The molecule has 2 heterocycles. The van der Waals surface area contributed by atoms with E-state index in [0.717, 1.165) is 23.1 Å². The molecule has 0 aliphatic rings. The monoisotopic (exact) mass is 589 g/mol. The number of nitrogens with zero attached hydrogens (tertiary/aromatic N) is 2. The van der Waals surface area contributed by atoms with E-state index in [1.54, 1.807) is 0 Å². The second-order valence-corrected chi connectivity index (χ2v) is 11.0. The van der Waals surface area contributed by atoms with Gasteiger partial charge in [-0.3, -0.25) is 9.52 Å². The first-order chi connectivity index (χ1) is 18.8. The van der Waals surface area contributed by atoms with Gasteiger partial charge >= 0.3 is 0 Å². The third-order valence-corrected chi connectivity index (χ3v) is 6.79. The number of nitrogens with one attached hydrogen (secondary N) is 2. The third kappa shape index (κ3) is 5.08. The summed E-state index contributed by atoms with van der Waals surface area (Å²) in [6, 6.07) is 10.1. The topological polar surface area (TPSA) is 132 Å². The van der Waals surface area contributed by atoms with E-state index in [1.807, 2.05) is 0 Å². The predicted molar refractivity (Wildman–Crippen MR) is 144 cm³/mol. The molecule has 0 aliphatic heterocycles. The van der Waals surface area contributed by atoms with Crippen LogP contribution in [0.25, 0.3) is 16.6 Å². The number of aromatic amines is 1. The first-order valence-electron chi connectivity index (χ1n) is 11.4. The van der Waals surface area contributed by atoms with E-state index in [9.17, 15) is 22.0 Å². The normalized spacial score (nSPS) is 11.7. The number of nitrogen functional groups attached to an aromatic ring is 1. The molecule has 0 saturated carbocycles. The summed E-state index contributed by atoms with van der Waals surface area (Å²) in [5, 5.41) is 4.70. The number of sulfonamides is 1. The van der Waals surface area contributed by atoms with Crippen molar-refractivity contribution in [2.75, 3.05) is 16.7 Å². The highest BCUT2D eigenvalue weighted by molar-refractivity contribution is 7.92. The average Bonchev–Trinajstić information content (AvgIpc) is 3.44. The highest BCUT2D eigenvalue weighted by atomic mass is 35.5. The first-order valence-corrected chi connectivity index (χ1v) is 13.7. The lowest BCUT2D eigenvalue weighted by Crippen LogP contribution is -2.10. The van der Waals surface area contributed by atoms with Crippen molar-refractivity contribution >= 4 is 49.8 Å². The van der Waals surface area contributed by atoms with Crippen molar-refractivity contribution in [1.82, 2.24) is 14.8 Å². The van der Waals surface area contributed by atoms with Gasteiger partial charge in [0.2, 0.25) is 21.6 Å². The molecule has 0 saturated heterocycles. The predicted octanol–water partition coefficient (Wildman–Crippen LogP) is 5.71. The molecule has 0 fully saturated rings. The Morgan fingerprint density at radius 2 is 1.88 bits per heavy atom. The molecule has 206 valence electrons. The van der Waals surface area contributed by atoms with E-state index in [0.29, 0.717) is 10.9 Å². The number of hydrogen-bond acceptors (Lipinski definition) is 6. The van der Waals surface area contributed by atoms with Gasteiger partial charge in [-0.25, -0.2) is 21.9 Å². The van der Waals surface area contributed by atoms with Gasteiger partial charge in [-0.2, -0.15) is 9.49 Å². The Balaban J connectivity index is 1.46. The van der Waals surface area contributed by atoms with Crippen molar-refractivity contribution in [2.45, 2.75) is 6.92 Å². The number of fused-ring (bicyclic) bond motifs is 1. The highest BCUT2D eigenvalue weighted by Crippen LogP contribution is 2.33. The lowest BCUT2D eigenvalue weighted by Gasteiger charge is -2.13. The summed E-state index contributed by atoms with van der Waals surface area (Å²) >= 11 is 6.17. The van der Waals surface area contributed by atoms with E-state index >= 15 is 4.39 Å². The minimum atomic E-state index is -3.59. The number of nitrogens with two attached hydrogens (primary N) is 1. The molecule has 0 amide bonds. The molecule has 0 spiro atoms. The molecule has 40 heavy (non-hydrogen) atoms. The summed E-state index contributed by atoms with van der Waals surface area (Å²) in [7, 11) is -3.59. The van der Waals surface area contributed by atoms with Gasteiger partial charge in [-0.1, -0.05) is 17.7 Å². The summed E-state index contributed by atoms with van der Waals surface area (Å²) < 4.78 is 74.6. The van der Waals surface area contributed by atoms with Crippen LogP contribution in [-0.4, -0.2) is 35.2 Å². The maximum Gasteiger partial charge on any atom is 0.229 e. The molecule has 5 rings (SSSR count). The quantitative estimate of drug-likeness (QED) is 0.208. The van der Waals surface area contributed by atoms with Gasteiger partial charge < -0.3 is 15.5 Å². The van der Waals surface area contributed by atoms with Crippen molar-refractivity contribution in [1.29, 1.82) is 0 Å². The van der Waals surface area contributed by atoms with Crippen molar-refractivity contribution < 1.29 is 31.1 Å². The number of rotatable bonds is 7. The number of benzene rings is 3. The summed E-state index contributed by atoms with van der Waals surface area (Å²) in [6.45, 7) is 1.53. The van der Waals surface area contributed by atoms with Crippen molar-refractivity contribution in [3.05, 3.63) is 94.0 Å². The van der Waals surface area contributed by atoms with Crippen LogP contribution < -0.4 is 15.2 Å². The van der Waals surface area contributed by atoms with E-state index in [4.69, 9.17) is 22.1 Å². The van der Waals surface area contributed by atoms with Crippen LogP contribution in [0.5, 0.6) is 11.5 Å². The second kappa shape index (κ2) is 9.92. The molecule has 3 aromatic carbocycles. The minimum Gasteiger partial charge on any atom is -0.454 e. The summed E-state index contributed by atoms with van der Waals surface area (Å²) in [6.07, 6.45) is 2.16. The van der Waals surface area contributed by atoms with Gasteiger partial charge in [-0.15, -0.1) is 0 Å². The lowest BCUT2D eigenvalue weighted by molar-refractivity contribution is 0.103. The first kappa shape index (κ1) is 27.1. The Bertz CT molecular complexity index is 1920. The lowest BCUT2D eigenvalue weighted by atomic mass is 10.1. The van der Waals surface area contributed by atoms with Crippen LogP contribution in [0.3, 0.4) is 0 Å². The zero-order valence-electron chi connectivity index (χ0n) is 20.7. The molecule has 2 aromatic heterocycles. The van der Waals surface area contributed by atoms with Crippen LogP contribution in [-0.2, 0) is 10.0 Å². The summed E-state index contributed by atoms with van der Waals surface area (Å²) in [5.41, 5.74) is 7.08. The summed E-state index contributed by atoms with van der Waals surface area (Å²) in [5.74, 6) is -4.40. The van der Waals surface area contributed by atoms with Crippen molar-refractivity contribution in [2.24, 2.45) is 0 Å². The molecule has 0 aliphatic carbocycles. The number of halogens is 4. The number of carbonyl (C=O) groups is 1. The maximum atomic E-state index is 15.2. The van der Waals surface area contributed by atoms with Gasteiger partial charge in [-0.05, 0) is 48.9 Å². The zero-order valence-corrected chi connectivity index (χ0v) is 22.3. The van der Waals surface area contributed by atoms with E-state index in [-0.39, 0.29) is 44.8 Å². The van der Waals surface area contributed by atoms with Crippen LogP contribution in [0.1, 0.15) is 21.6 Å². The Labute approximate surface area is 230 Å². The van der Waals surface area contributed by atoms with Crippen LogP contribution >= 0.6 is 11.6 Å². The number of H-pyrrole nitrogens is 1. The van der Waals surface area contributed by atoms with E-state index < -0.39 is 39.0 Å². The second-order valence-electron chi connectivity index (χ2n) is 8.89. The van der Waals surface area contributed by atoms with Crippen LogP contribution in [0.15, 0.2) is 54.7 Å². The minimum absolute atomic E-state index is 0.0342. The average molecular weight is 590 g/mol. The van der Waals surface area contributed by atoms with Gasteiger partial charge in [0.05, 0.1) is 34.4 Å². The Morgan fingerprint density at radius 3 is 2.58 bits per heavy atom. The highest BCUT2D eigenvalue weighted by Gasteiger charge is 2.23. The van der Waals surface area contributed by atoms with E-state index in [1.165, 1.54) is 49.5 Å². The largest absolute Gasteiger partial charge is 0.454 e. The van der Waals surface area contributed by atoms with Gasteiger partial charge in [0.15, 0.2) is 17.4 Å². The molecule has 5 aromatic rings. The number of hydrogen-bond donors (Lipinski definition) is 3. The number of anilines is 2. The molecule has 0 atom stereocenters. The fourth-order valence-corrected chi connectivity index (χ4v) is 4.97. The van der Waals surface area contributed by atoms with Crippen LogP contribution in [0, 0.1) is 24.4 Å². The molecule has 0 unspecified atom stereocenters. The van der Waals surface area contributed by atoms with Crippen LogP contribution in [0.4, 0.5) is 24.7 Å². The number of ketones is 1. The molecule has 9 nitrogen and oxygen atoms in total. The Kier molecular flexibility index (Phi) is 6.72. The molecular weight excluding hydrogens is 571 g/mol. The molecular formula is C26H19ClF3N5O4S. The van der Waals surface area contributed by atoms with Gasteiger partial charge in [0, 0.05) is 17.0 Å². The van der Waals surface area contributed by atoms with Gasteiger partial charge in [0.1, 0.15) is 17.3 Å². The molecule has 0 radical (unpaired) electrons.